The molecular weight excluding hydrogens is 218 g/mol. The molecule has 0 spiro atoms. The second kappa shape index (κ2) is 7.52. The van der Waals surface area contributed by atoms with Gasteiger partial charge in [0, 0.05) is 18.0 Å². The van der Waals surface area contributed by atoms with Crippen molar-refractivity contribution in [2.75, 3.05) is 24.3 Å². The number of nitrogens with two attached hydrogens (primary N) is 1. The highest BCUT2D eigenvalue weighted by molar-refractivity contribution is 7.98. The molecule has 3 N–H and O–H groups in total. The van der Waals surface area contributed by atoms with E-state index in [1.54, 1.807) is 6.20 Å². The number of pyridine rings is 1. The molecule has 90 valence electrons. The number of nitrogens with one attached hydrogen (secondary N) is 1. The van der Waals surface area contributed by atoms with Crippen LogP contribution in [0.1, 0.15) is 18.9 Å². The Balaban J connectivity index is 2.56. The van der Waals surface area contributed by atoms with Crippen molar-refractivity contribution >= 4 is 17.6 Å². The third-order valence-electron chi connectivity index (χ3n) is 2.44. The van der Waals surface area contributed by atoms with Crippen molar-refractivity contribution in [2.45, 2.75) is 25.8 Å². The fourth-order valence-electron chi connectivity index (χ4n) is 1.63. The molecule has 1 heterocycles. The molecule has 0 aromatic carbocycles. The van der Waals surface area contributed by atoms with Crippen molar-refractivity contribution in [1.29, 1.82) is 0 Å². The van der Waals surface area contributed by atoms with E-state index in [2.05, 4.69) is 29.5 Å². The first-order chi connectivity index (χ1) is 7.77. The number of hydrogen-bond acceptors (Lipinski definition) is 4. The summed E-state index contributed by atoms with van der Waals surface area (Å²) in [4.78, 5) is 4.12. The Morgan fingerprint density at radius 1 is 1.56 bits per heavy atom. The average Bonchev–Trinajstić information content (AvgIpc) is 2.29. The Kier molecular flexibility index (Phi) is 6.26. The molecule has 0 amide bonds. The van der Waals surface area contributed by atoms with Crippen LogP contribution in [0.2, 0.25) is 0 Å². The molecule has 0 fully saturated rings. The molecule has 1 aromatic rings. The highest BCUT2D eigenvalue weighted by Crippen LogP contribution is 2.12. The van der Waals surface area contributed by atoms with Gasteiger partial charge in [-0.3, -0.25) is 0 Å². The van der Waals surface area contributed by atoms with Gasteiger partial charge in [0.1, 0.15) is 5.82 Å². The van der Waals surface area contributed by atoms with E-state index in [1.165, 1.54) is 0 Å². The van der Waals surface area contributed by atoms with E-state index >= 15 is 0 Å². The largest absolute Gasteiger partial charge is 0.383 e. The number of hydrogen-bond donors (Lipinski definition) is 2. The molecule has 0 aliphatic carbocycles. The molecule has 1 aromatic heterocycles. The average molecular weight is 239 g/mol. The summed E-state index contributed by atoms with van der Waals surface area (Å²) in [7, 11) is 0. The smallest absolute Gasteiger partial charge is 0.126 e. The molecule has 0 radical (unpaired) electrons. The van der Waals surface area contributed by atoms with E-state index in [-0.39, 0.29) is 0 Å². The molecule has 4 heteroatoms. The molecule has 3 nitrogen and oxygen atoms in total. The van der Waals surface area contributed by atoms with Gasteiger partial charge < -0.3 is 11.1 Å². The van der Waals surface area contributed by atoms with Crippen molar-refractivity contribution in [3.05, 3.63) is 23.9 Å². The predicted octanol–water partition coefficient (Wildman–Crippen LogP) is 1.94. The number of nitrogens with zero attached hydrogens (tertiary/aromatic N) is 1. The van der Waals surface area contributed by atoms with Gasteiger partial charge in [-0.25, -0.2) is 4.98 Å². The summed E-state index contributed by atoms with van der Waals surface area (Å²) < 4.78 is 0. The first-order valence-electron chi connectivity index (χ1n) is 5.69. The maximum Gasteiger partial charge on any atom is 0.126 e. The monoisotopic (exact) mass is 239 g/mol. The van der Waals surface area contributed by atoms with E-state index in [9.17, 15) is 0 Å². The van der Waals surface area contributed by atoms with E-state index in [0.29, 0.717) is 11.9 Å². The Bertz CT molecular complexity index is 304. The van der Waals surface area contributed by atoms with Crippen LogP contribution < -0.4 is 11.1 Å². The van der Waals surface area contributed by atoms with Crippen molar-refractivity contribution in [3.8, 4) is 0 Å². The van der Waals surface area contributed by atoms with Gasteiger partial charge in [0.05, 0.1) is 0 Å². The highest BCUT2D eigenvalue weighted by Gasteiger charge is 2.10. The van der Waals surface area contributed by atoms with Crippen LogP contribution in [0.3, 0.4) is 0 Å². The molecule has 0 bridgehead atoms. The van der Waals surface area contributed by atoms with Gasteiger partial charge in [0.25, 0.3) is 0 Å². The van der Waals surface area contributed by atoms with E-state index < -0.39 is 0 Å². The summed E-state index contributed by atoms with van der Waals surface area (Å²) in [6.07, 6.45) is 5.99. The summed E-state index contributed by atoms with van der Waals surface area (Å²) in [6.45, 7) is 3.24. The van der Waals surface area contributed by atoms with Crippen LogP contribution in [0, 0.1) is 0 Å². The van der Waals surface area contributed by atoms with Gasteiger partial charge in [0.2, 0.25) is 0 Å². The van der Waals surface area contributed by atoms with Crippen molar-refractivity contribution < 1.29 is 0 Å². The number of aromatic nitrogens is 1. The summed E-state index contributed by atoms with van der Waals surface area (Å²) >= 11 is 1.86. The SMILES string of the molecule is CCCNC(CSC)Cc1cccnc1N. The minimum Gasteiger partial charge on any atom is -0.383 e. The molecule has 1 rings (SSSR count). The standard InChI is InChI=1S/C12H21N3S/c1-3-6-14-11(9-16-2)8-10-5-4-7-15-12(10)13/h4-5,7,11,14H,3,6,8-9H2,1-2H3,(H2,13,15). The van der Waals surface area contributed by atoms with Crippen LogP contribution in [-0.4, -0.2) is 29.6 Å². The lowest BCUT2D eigenvalue weighted by Crippen LogP contribution is -2.34. The van der Waals surface area contributed by atoms with Crippen LogP contribution in [0.4, 0.5) is 5.82 Å². The zero-order chi connectivity index (χ0) is 11.8. The van der Waals surface area contributed by atoms with Crippen LogP contribution >= 0.6 is 11.8 Å². The summed E-state index contributed by atoms with van der Waals surface area (Å²) in [5.41, 5.74) is 6.99. The Labute approximate surface area is 102 Å². The van der Waals surface area contributed by atoms with Gasteiger partial charge in [-0.2, -0.15) is 11.8 Å². The van der Waals surface area contributed by atoms with E-state index in [0.717, 1.165) is 30.7 Å². The lowest BCUT2D eigenvalue weighted by Gasteiger charge is -2.18. The molecule has 1 unspecified atom stereocenters. The molecule has 16 heavy (non-hydrogen) atoms. The van der Waals surface area contributed by atoms with Crippen molar-refractivity contribution in [1.82, 2.24) is 10.3 Å². The van der Waals surface area contributed by atoms with Crippen LogP contribution in [-0.2, 0) is 6.42 Å². The molecule has 0 saturated carbocycles. The van der Waals surface area contributed by atoms with Crippen LogP contribution in [0.25, 0.3) is 0 Å². The first kappa shape index (κ1) is 13.3. The van der Waals surface area contributed by atoms with Crippen LogP contribution in [0.15, 0.2) is 18.3 Å². The van der Waals surface area contributed by atoms with Gasteiger partial charge in [-0.1, -0.05) is 13.0 Å². The number of nitrogen functional groups attached to an aromatic ring is 1. The van der Waals surface area contributed by atoms with E-state index in [4.69, 9.17) is 5.73 Å². The van der Waals surface area contributed by atoms with Crippen molar-refractivity contribution in [2.24, 2.45) is 0 Å². The minimum absolute atomic E-state index is 0.487. The molecule has 1 atom stereocenters. The van der Waals surface area contributed by atoms with Gasteiger partial charge in [-0.05, 0) is 37.3 Å². The van der Waals surface area contributed by atoms with Gasteiger partial charge >= 0.3 is 0 Å². The quantitative estimate of drug-likeness (QED) is 0.763. The summed E-state index contributed by atoms with van der Waals surface area (Å²) in [6, 6.07) is 4.49. The van der Waals surface area contributed by atoms with Gasteiger partial charge in [-0.15, -0.1) is 0 Å². The molecule has 0 saturated heterocycles. The lowest BCUT2D eigenvalue weighted by atomic mass is 10.1. The molecular formula is C12H21N3S. The molecule has 0 aliphatic rings. The number of anilines is 1. The maximum atomic E-state index is 5.85. The lowest BCUT2D eigenvalue weighted by molar-refractivity contribution is 0.550. The third kappa shape index (κ3) is 4.41. The topological polar surface area (TPSA) is 50.9 Å². The molecule has 0 aliphatic heterocycles. The second-order valence-electron chi connectivity index (χ2n) is 3.86. The van der Waals surface area contributed by atoms with E-state index in [1.807, 2.05) is 17.8 Å². The Hall–Kier alpha value is -0.740. The number of rotatable bonds is 7. The fourth-order valence-corrected chi connectivity index (χ4v) is 2.27. The Morgan fingerprint density at radius 3 is 3.00 bits per heavy atom. The fraction of sp³-hybridized carbons (Fsp3) is 0.583. The maximum absolute atomic E-state index is 5.85. The zero-order valence-corrected chi connectivity index (χ0v) is 10.9. The van der Waals surface area contributed by atoms with Gasteiger partial charge in [0.15, 0.2) is 0 Å². The first-order valence-corrected chi connectivity index (χ1v) is 7.09. The highest BCUT2D eigenvalue weighted by atomic mass is 32.2. The number of thioether (sulfide) groups is 1. The Morgan fingerprint density at radius 2 is 2.38 bits per heavy atom. The third-order valence-corrected chi connectivity index (χ3v) is 3.18. The minimum atomic E-state index is 0.487. The summed E-state index contributed by atoms with van der Waals surface area (Å²) in [5.74, 6) is 1.76. The normalized spacial score (nSPS) is 12.6. The van der Waals surface area contributed by atoms with Crippen LogP contribution in [0.5, 0.6) is 0 Å². The summed E-state index contributed by atoms with van der Waals surface area (Å²) in [5, 5.41) is 3.54. The van der Waals surface area contributed by atoms with Crippen molar-refractivity contribution in [3.63, 3.8) is 0 Å². The zero-order valence-electron chi connectivity index (χ0n) is 10.1. The predicted molar refractivity (Wildman–Crippen MR) is 72.8 cm³/mol. The second-order valence-corrected chi connectivity index (χ2v) is 4.77.